The maximum absolute atomic E-state index is 11.2. The van der Waals surface area contributed by atoms with Gasteiger partial charge in [0.15, 0.2) is 0 Å². The van der Waals surface area contributed by atoms with Crippen LogP contribution >= 0.6 is 11.8 Å². The predicted molar refractivity (Wildman–Crippen MR) is 57.2 cm³/mol. The molecule has 0 radical (unpaired) electrons. The molecule has 1 atom stereocenters. The molecule has 1 aliphatic rings. The molecule has 0 aromatic rings. The van der Waals surface area contributed by atoms with E-state index in [0.717, 1.165) is 24.3 Å². The van der Waals surface area contributed by atoms with Gasteiger partial charge < -0.3 is 10.6 Å². The molecule has 76 valence electrons. The molecule has 0 heterocycles. The Bertz CT molecular complexity index is 171. The largest absolute Gasteiger partial charge is 0.335 e. The second kappa shape index (κ2) is 5.37. The van der Waals surface area contributed by atoms with Crippen LogP contribution in [0.25, 0.3) is 0 Å². The van der Waals surface area contributed by atoms with E-state index in [0.29, 0.717) is 6.04 Å². The van der Waals surface area contributed by atoms with Crippen molar-refractivity contribution in [1.82, 2.24) is 10.6 Å². The highest BCUT2D eigenvalue weighted by atomic mass is 32.2. The predicted octanol–water partition coefficient (Wildman–Crippen LogP) is 1.59. The Balaban J connectivity index is 2.03. The minimum Gasteiger partial charge on any atom is -0.335 e. The SMILES string of the molecule is CCSCC(C)NC(=O)NC1CC1. The Morgan fingerprint density at radius 1 is 1.62 bits per heavy atom. The molecular formula is C9H18N2OS. The van der Waals surface area contributed by atoms with E-state index in [-0.39, 0.29) is 12.1 Å². The fourth-order valence-corrected chi connectivity index (χ4v) is 1.69. The van der Waals surface area contributed by atoms with Gasteiger partial charge in [-0.3, -0.25) is 0 Å². The van der Waals surface area contributed by atoms with E-state index in [1.807, 2.05) is 18.7 Å². The molecule has 1 unspecified atom stereocenters. The third kappa shape index (κ3) is 5.03. The summed E-state index contributed by atoms with van der Waals surface area (Å²) in [5.41, 5.74) is 0. The van der Waals surface area contributed by atoms with Crippen LogP contribution in [0.15, 0.2) is 0 Å². The average Bonchev–Trinajstić information content (AvgIpc) is 2.84. The molecule has 4 heteroatoms. The van der Waals surface area contributed by atoms with Crippen molar-refractivity contribution in [2.24, 2.45) is 0 Å². The standard InChI is InChI=1S/C9H18N2OS/c1-3-13-6-7(2)10-9(12)11-8-4-5-8/h7-8H,3-6H2,1-2H3,(H2,10,11,12). The number of amides is 2. The van der Waals surface area contributed by atoms with Gasteiger partial charge in [0.1, 0.15) is 0 Å². The number of thioether (sulfide) groups is 1. The molecule has 1 rings (SSSR count). The summed E-state index contributed by atoms with van der Waals surface area (Å²) < 4.78 is 0. The fourth-order valence-electron chi connectivity index (χ4n) is 1.01. The molecule has 0 aromatic heterocycles. The highest BCUT2D eigenvalue weighted by Gasteiger charge is 2.23. The monoisotopic (exact) mass is 202 g/mol. The van der Waals surface area contributed by atoms with Gasteiger partial charge in [-0.1, -0.05) is 6.92 Å². The zero-order valence-corrected chi connectivity index (χ0v) is 9.12. The van der Waals surface area contributed by atoms with E-state index < -0.39 is 0 Å². The molecule has 1 fully saturated rings. The van der Waals surface area contributed by atoms with Crippen LogP contribution in [0.2, 0.25) is 0 Å². The molecule has 1 aliphatic carbocycles. The summed E-state index contributed by atoms with van der Waals surface area (Å²) in [7, 11) is 0. The van der Waals surface area contributed by atoms with Gasteiger partial charge in [-0.2, -0.15) is 11.8 Å². The lowest BCUT2D eigenvalue weighted by molar-refractivity contribution is 0.238. The summed E-state index contributed by atoms with van der Waals surface area (Å²) in [5.74, 6) is 2.10. The third-order valence-corrected chi connectivity index (χ3v) is 3.01. The smallest absolute Gasteiger partial charge is 0.315 e. The Labute approximate surface area is 84.0 Å². The van der Waals surface area contributed by atoms with Crippen molar-refractivity contribution in [2.45, 2.75) is 38.8 Å². The first kappa shape index (κ1) is 10.7. The van der Waals surface area contributed by atoms with E-state index in [4.69, 9.17) is 0 Å². The summed E-state index contributed by atoms with van der Waals surface area (Å²) >= 11 is 1.85. The lowest BCUT2D eigenvalue weighted by Crippen LogP contribution is -2.42. The molecule has 0 saturated heterocycles. The van der Waals surface area contributed by atoms with Crippen LogP contribution in [-0.2, 0) is 0 Å². The molecule has 13 heavy (non-hydrogen) atoms. The Hall–Kier alpha value is -0.380. The maximum Gasteiger partial charge on any atom is 0.315 e. The van der Waals surface area contributed by atoms with Crippen molar-refractivity contribution in [1.29, 1.82) is 0 Å². The minimum absolute atomic E-state index is 0.00768. The molecule has 3 nitrogen and oxygen atoms in total. The van der Waals surface area contributed by atoms with Gasteiger partial charge in [-0.15, -0.1) is 0 Å². The number of rotatable bonds is 5. The summed E-state index contributed by atoms with van der Waals surface area (Å²) in [4.78, 5) is 11.2. The number of carbonyl (C=O) groups excluding carboxylic acids is 1. The highest BCUT2D eigenvalue weighted by molar-refractivity contribution is 7.99. The average molecular weight is 202 g/mol. The van der Waals surface area contributed by atoms with Crippen LogP contribution < -0.4 is 10.6 Å². The van der Waals surface area contributed by atoms with E-state index in [1.165, 1.54) is 0 Å². The van der Waals surface area contributed by atoms with Crippen LogP contribution in [0.3, 0.4) is 0 Å². The number of urea groups is 1. The molecular weight excluding hydrogens is 184 g/mol. The van der Waals surface area contributed by atoms with Crippen LogP contribution in [0, 0.1) is 0 Å². The van der Waals surface area contributed by atoms with Crippen molar-refractivity contribution in [3.8, 4) is 0 Å². The molecule has 0 aliphatic heterocycles. The third-order valence-electron chi connectivity index (χ3n) is 1.86. The zero-order chi connectivity index (χ0) is 9.68. The van der Waals surface area contributed by atoms with Gasteiger partial charge in [-0.05, 0) is 25.5 Å². The quantitative estimate of drug-likeness (QED) is 0.711. The van der Waals surface area contributed by atoms with Gasteiger partial charge in [0, 0.05) is 17.8 Å². The first-order valence-corrected chi connectivity index (χ1v) is 6.02. The minimum atomic E-state index is -0.00768. The number of hydrogen-bond donors (Lipinski definition) is 2. The van der Waals surface area contributed by atoms with Crippen LogP contribution in [0.1, 0.15) is 26.7 Å². The summed E-state index contributed by atoms with van der Waals surface area (Å²) in [6.45, 7) is 4.16. The molecule has 0 spiro atoms. The number of nitrogens with one attached hydrogen (secondary N) is 2. The van der Waals surface area contributed by atoms with Crippen molar-refractivity contribution in [3.63, 3.8) is 0 Å². The molecule has 0 bridgehead atoms. The van der Waals surface area contributed by atoms with E-state index in [9.17, 15) is 4.79 Å². The summed E-state index contributed by atoms with van der Waals surface area (Å²) in [6, 6.07) is 0.710. The second-order valence-electron chi connectivity index (χ2n) is 3.45. The summed E-state index contributed by atoms with van der Waals surface area (Å²) in [5, 5.41) is 5.82. The maximum atomic E-state index is 11.2. The van der Waals surface area contributed by atoms with E-state index >= 15 is 0 Å². The molecule has 2 amide bonds. The van der Waals surface area contributed by atoms with Crippen molar-refractivity contribution in [2.75, 3.05) is 11.5 Å². The number of carbonyl (C=O) groups is 1. The van der Waals surface area contributed by atoms with Gasteiger partial charge in [0.25, 0.3) is 0 Å². The van der Waals surface area contributed by atoms with Crippen LogP contribution in [0.4, 0.5) is 4.79 Å². The fraction of sp³-hybridized carbons (Fsp3) is 0.889. The second-order valence-corrected chi connectivity index (χ2v) is 4.77. The van der Waals surface area contributed by atoms with Gasteiger partial charge in [-0.25, -0.2) is 4.79 Å². The Morgan fingerprint density at radius 2 is 2.31 bits per heavy atom. The van der Waals surface area contributed by atoms with E-state index in [1.54, 1.807) is 0 Å². The van der Waals surface area contributed by atoms with Crippen molar-refractivity contribution >= 4 is 17.8 Å². The van der Waals surface area contributed by atoms with Crippen LogP contribution in [0.5, 0.6) is 0 Å². The normalized spacial score (nSPS) is 18.0. The summed E-state index contributed by atoms with van der Waals surface area (Å²) in [6.07, 6.45) is 2.29. The Kier molecular flexibility index (Phi) is 4.42. The van der Waals surface area contributed by atoms with Crippen LogP contribution in [-0.4, -0.2) is 29.6 Å². The Morgan fingerprint density at radius 3 is 2.85 bits per heavy atom. The van der Waals surface area contributed by atoms with Gasteiger partial charge in [0.2, 0.25) is 0 Å². The van der Waals surface area contributed by atoms with Gasteiger partial charge >= 0.3 is 6.03 Å². The lowest BCUT2D eigenvalue weighted by atomic mass is 10.4. The first-order chi connectivity index (χ1) is 6.22. The molecule has 1 saturated carbocycles. The molecule has 2 N–H and O–H groups in total. The molecule has 0 aromatic carbocycles. The lowest BCUT2D eigenvalue weighted by Gasteiger charge is -2.13. The zero-order valence-electron chi connectivity index (χ0n) is 8.30. The number of hydrogen-bond acceptors (Lipinski definition) is 2. The van der Waals surface area contributed by atoms with Crippen molar-refractivity contribution in [3.05, 3.63) is 0 Å². The van der Waals surface area contributed by atoms with Crippen molar-refractivity contribution < 1.29 is 4.79 Å². The van der Waals surface area contributed by atoms with E-state index in [2.05, 4.69) is 17.6 Å². The van der Waals surface area contributed by atoms with Gasteiger partial charge in [0.05, 0.1) is 0 Å². The highest BCUT2D eigenvalue weighted by Crippen LogP contribution is 2.18. The first-order valence-electron chi connectivity index (χ1n) is 4.87. The topological polar surface area (TPSA) is 41.1 Å².